The Labute approximate surface area is 130 Å². The first-order valence-corrected chi connectivity index (χ1v) is 7.12. The molecule has 3 rings (SSSR count). The van der Waals surface area contributed by atoms with Gasteiger partial charge in [0.2, 0.25) is 0 Å². The van der Waals surface area contributed by atoms with Gasteiger partial charge in [0.1, 0.15) is 11.6 Å². The monoisotopic (exact) mass is 346 g/mol. The van der Waals surface area contributed by atoms with Crippen molar-refractivity contribution in [2.75, 3.05) is 7.11 Å². The minimum atomic E-state index is -0.277. The number of hydrogen-bond donors (Lipinski definition) is 0. The summed E-state index contributed by atoms with van der Waals surface area (Å²) in [5.74, 6) is 0.511. The van der Waals surface area contributed by atoms with Crippen LogP contribution < -0.4 is 4.74 Å². The van der Waals surface area contributed by atoms with Crippen LogP contribution in [0.15, 0.2) is 59.2 Å². The van der Waals surface area contributed by atoms with Crippen LogP contribution >= 0.6 is 15.9 Å². The highest BCUT2D eigenvalue weighted by Gasteiger charge is 2.11. The predicted octanol–water partition coefficient (Wildman–Crippen LogP) is 4.45. The molecule has 0 saturated carbocycles. The van der Waals surface area contributed by atoms with Gasteiger partial charge in [0.05, 0.1) is 24.7 Å². The molecule has 0 unspecified atom stereocenters. The second-order valence-electron chi connectivity index (χ2n) is 4.45. The first-order chi connectivity index (χ1) is 10.2. The van der Waals surface area contributed by atoms with Crippen LogP contribution in [0.2, 0.25) is 0 Å². The molecule has 0 aliphatic carbocycles. The lowest BCUT2D eigenvalue weighted by molar-refractivity contribution is 0.414. The molecule has 0 radical (unpaired) electrons. The summed E-state index contributed by atoms with van der Waals surface area (Å²) in [5.41, 5.74) is 2.67. The maximum Gasteiger partial charge on any atom is 0.124 e. The molecular formula is C16H12BrFN2O. The van der Waals surface area contributed by atoms with Gasteiger partial charge in [-0.25, -0.2) is 9.07 Å². The highest BCUT2D eigenvalue weighted by atomic mass is 79.9. The lowest BCUT2D eigenvalue weighted by atomic mass is 10.1. The molecule has 106 valence electrons. The summed E-state index contributed by atoms with van der Waals surface area (Å²) in [4.78, 5) is 0. The molecule has 3 aromatic rings. The fourth-order valence-electron chi connectivity index (χ4n) is 2.13. The lowest BCUT2D eigenvalue weighted by Crippen LogP contribution is -1.99. The predicted molar refractivity (Wildman–Crippen MR) is 83.2 cm³/mol. The average Bonchev–Trinajstić information content (AvgIpc) is 2.96. The average molecular weight is 347 g/mol. The van der Waals surface area contributed by atoms with Crippen molar-refractivity contribution < 1.29 is 9.13 Å². The molecule has 3 nitrogen and oxygen atoms in total. The molecule has 0 N–H and O–H groups in total. The molecule has 5 heteroatoms. The van der Waals surface area contributed by atoms with Crippen molar-refractivity contribution in [1.82, 2.24) is 9.78 Å². The fourth-order valence-corrected chi connectivity index (χ4v) is 2.69. The third-order valence-electron chi connectivity index (χ3n) is 3.17. The molecule has 0 bridgehead atoms. The van der Waals surface area contributed by atoms with Crippen LogP contribution in [0.5, 0.6) is 5.75 Å². The van der Waals surface area contributed by atoms with E-state index in [1.165, 1.54) is 12.1 Å². The summed E-state index contributed by atoms with van der Waals surface area (Å²) >= 11 is 3.40. The summed E-state index contributed by atoms with van der Waals surface area (Å²) in [7, 11) is 1.63. The van der Waals surface area contributed by atoms with Gasteiger partial charge in [0.25, 0.3) is 0 Å². The van der Waals surface area contributed by atoms with Crippen LogP contribution in [0.25, 0.3) is 16.9 Å². The summed E-state index contributed by atoms with van der Waals surface area (Å²) in [5, 5.41) is 4.34. The molecule has 1 aromatic heterocycles. The molecular weight excluding hydrogens is 335 g/mol. The van der Waals surface area contributed by atoms with Crippen molar-refractivity contribution in [3.63, 3.8) is 0 Å². The molecule has 0 amide bonds. The van der Waals surface area contributed by atoms with E-state index < -0.39 is 0 Å². The first-order valence-electron chi connectivity index (χ1n) is 6.33. The number of nitrogens with zero attached hydrogens (tertiary/aromatic N) is 2. The van der Waals surface area contributed by atoms with Crippen LogP contribution in [-0.2, 0) is 0 Å². The number of halogens is 2. The molecule has 0 atom stereocenters. The van der Waals surface area contributed by atoms with Gasteiger partial charge in [-0.15, -0.1) is 0 Å². The minimum Gasteiger partial charge on any atom is -0.497 e. The summed E-state index contributed by atoms with van der Waals surface area (Å²) in [6, 6.07) is 14.1. The van der Waals surface area contributed by atoms with E-state index in [1.54, 1.807) is 24.1 Å². The number of ether oxygens (including phenoxy) is 1. The van der Waals surface area contributed by atoms with E-state index in [9.17, 15) is 4.39 Å². The van der Waals surface area contributed by atoms with Crippen molar-refractivity contribution in [2.24, 2.45) is 0 Å². The van der Waals surface area contributed by atoms with Gasteiger partial charge in [-0.1, -0.05) is 0 Å². The number of aromatic nitrogens is 2. The highest BCUT2D eigenvalue weighted by molar-refractivity contribution is 9.10. The smallest absolute Gasteiger partial charge is 0.124 e. The molecule has 21 heavy (non-hydrogen) atoms. The van der Waals surface area contributed by atoms with Crippen LogP contribution in [-0.4, -0.2) is 16.9 Å². The number of methoxy groups -OCH3 is 1. The Kier molecular flexibility index (Phi) is 3.75. The number of hydrogen-bond acceptors (Lipinski definition) is 2. The molecule has 0 spiro atoms. The number of rotatable bonds is 3. The zero-order chi connectivity index (χ0) is 14.8. The zero-order valence-corrected chi connectivity index (χ0v) is 12.8. The molecule has 2 aromatic carbocycles. The Hall–Kier alpha value is -2.14. The summed E-state index contributed by atoms with van der Waals surface area (Å²) in [6.07, 6.45) is 1.72. The lowest BCUT2D eigenvalue weighted by Gasteiger charge is -2.10. The van der Waals surface area contributed by atoms with E-state index in [2.05, 4.69) is 21.0 Å². The van der Waals surface area contributed by atoms with Gasteiger partial charge in [0, 0.05) is 10.0 Å². The van der Waals surface area contributed by atoms with Crippen LogP contribution in [0.4, 0.5) is 4.39 Å². The Balaban J connectivity index is 2.07. The quantitative estimate of drug-likeness (QED) is 0.700. The molecule has 0 aliphatic rings. The van der Waals surface area contributed by atoms with Crippen LogP contribution in [0.1, 0.15) is 0 Å². The maximum absolute atomic E-state index is 13.2. The van der Waals surface area contributed by atoms with E-state index in [0.29, 0.717) is 4.47 Å². The Morgan fingerprint density at radius 2 is 1.86 bits per heavy atom. The molecule has 0 aliphatic heterocycles. The highest BCUT2D eigenvalue weighted by Crippen LogP contribution is 2.30. The van der Waals surface area contributed by atoms with Gasteiger partial charge < -0.3 is 4.74 Å². The standard InChI is InChI=1S/C16H12BrFN2O/c1-21-13-5-3-12(4-6-13)20-16(8-9-19-20)14-7-2-11(18)10-15(14)17/h2-10H,1H3. The topological polar surface area (TPSA) is 27.1 Å². The van der Waals surface area contributed by atoms with Crippen molar-refractivity contribution in [2.45, 2.75) is 0 Å². The van der Waals surface area contributed by atoms with E-state index in [0.717, 1.165) is 22.7 Å². The van der Waals surface area contributed by atoms with E-state index in [-0.39, 0.29) is 5.82 Å². The maximum atomic E-state index is 13.2. The minimum absolute atomic E-state index is 0.277. The van der Waals surface area contributed by atoms with E-state index in [1.807, 2.05) is 30.3 Å². The van der Waals surface area contributed by atoms with Gasteiger partial charge in [-0.3, -0.25) is 0 Å². The Bertz CT molecular complexity index is 768. The molecule has 0 fully saturated rings. The van der Waals surface area contributed by atoms with Crippen LogP contribution in [0.3, 0.4) is 0 Å². The van der Waals surface area contributed by atoms with Gasteiger partial charge in [-0.05, 0) is 64.5 Å². The first kappa shape index (κ1) is 13.8. The van der Waals surface area contributed by atoms with Gasteiger partial charge in [0.15, 0.2) is 0 Å². The number of benzene rings is 2. The van der Waals surface area contributed by atoms with Gasteiger partial charge in [-0.2, -0.15) is 5.10 Å². The van der Waals surface area contributed by atoms with Crippen molar-refractivity contribution in [3.05, 3.63) is 65.0 Å². The Morgan fingerprint density at radius 3 is 2.52 bits per heavy atom. The van der Waals surface area contributed by atoms with Crippen molar-refractivity contribution in [1.29, 1.82) is 0 Å². The molecule has 0 saturated heterocycles. The Morgan fingerprint density at radius 1 is 1.10 bits per heavy atom. The van der Waals surface area contributed by atoms with E-state index >= 15 is 0 Å². The zero-order valence-electron chi connectivity index (χ0n) is 11.3. The fraction of sp³-hybridized carbons (Fsp3) is 0.0625. The van der Waals surface area contributed by atoms with Crippen molar-refractivity contribution >= 4 is 15.9 Å². The largest absolute Gasteiger partial charge is 0.497 e. The third-order valence-corrected chi connectivity index (χ3v) is 3.82. The SMILES string of the molecule is COc1ccc(-n2nccc2-c2ccc(F)cc2Br)cc1. The van der Waals surface area contributed by atoms with Crippen molar-refractivity contribution in [3.8, 4) is 22.7 Å². The van der Waals surface area contributed by atoms with Gasteiger partial charge >= 0.3 is 0 Å². The second-order valence-corrected chi connectivity index (χ2v) is 5.30. The van der Waals surface area contributed by atoms with E-state index in [4.69, 9.17) is 4.74 Å². The third kappa shape index (κ3) is 2.69. The normalized spacial score (nSPS) is 10.6. The molecule has 1 heterocycles. The summed E-state index contributed by atoms with van der Waals surface area (Å²) < 4.78 is 20.9. The summed E-state index contributed by atoms with van der Waals surface area (Å²) in [6.45, 7) is 0. The second kappa shape index (κ2) is 5.69. The van der Waals surface area contributed by atoms with Crippen LogP contribution in [0, 0.1) is 5.82 Å².